The number of nitrogens with zero attached hydrogens (tertiary/aromatic N) is 3. The molecule has 0 saturated carbocycles. The second-order valence-electron chi connectivity index (χ2n) is 7.45. The molecule has 1 amide bonds. The van der Waals surface area contributed by atoms with Crippen LogP contribution < -0.4 is 9.47 Å². The Balaban J connectivity index is 1.08. The first-order valence-electron chi connectivity index (χ1n) is 10.1. The third-order valence-electron chi connectivity index (χ3n) is 5.47. The highest BCUT2D eigenvalue weighted by molar-refractivity contribution is 7.09. The molecule has 0 radical (unpaired) electrons. The van der Waals surface area contributed by atoms with E-state index in [1.165, 1.54) is 0 Å². The normalized spacial score (nSPS) is 16.2. The maximum atomic E-state index is 12.6. The van der Waals surface area contributed by atoms with E-state index in [2.05, 4.69) is 9.88 Å². The number of thiazole rings is 1. The molecule has 1 aromatic carbocycles. The predicted octanol–water partition coefficient (Wildman–Crippen LogP) is 3.41. The number of amides is 1. The smallest absolute Gasteiger partial charge is 0.231 e. The summed E-state index contributed by atoms with van der Waals surface area (Å²) in [7, 11) is 0. The molecule has 1 fully saturated rings. The zero-order chi connectivity index (χ0) is 20.3. The van der Waals surface area contributed by atoms with Crippen LogP contribution in [-0.4, -0.2) is 53.7 Å². The van der Waals surface area contributed by atoms with Crippen molar-refractivity contribution in [2.24, 2.45) is 0 Å². The van der Waals surface area contributed by atoms with Gasteiger partial charge in [0.1, 0.15) is 10.7 Å². The highest BCUT2D eigenvalue weighted by Gasteiger charge is 2.22. The summed E-state index contributed by atoms with van der Waals surface area (Å²) < 4.78 is 16.2. The number of ether oxygens (including phenoxy) is 2. The third-order valence-corrected chi connectivity index (χ3v) is 6.31. The van der Waals surface area contributed by atoms with E-state index in [1.54, 1.807) is 17.6 Å². The van der Waals surface area contributed by atoms with Crippen molar-refractivity contribution in [3.8, 4) is 23.0 Å². The SMILES string of the molecule is O=C(CCc1ccc2c(c1)OCO2)N1CCN(Cc2nc(-c3ccco3)cs2)CC1. The standard InChI is InChI=1S/C22H23N3O4S/c26-22(6-4-16-3-5-19-20(12-16)29-15-28-19)25-9-7-24(8-10-25)13-21-23-17(14-30-21)18-2-1-11-27-18/h1-3,5,11-12,14H,4,6-10,13,15H2. The van der Waals surface area contributed by atoms with Gasteiger partial charge in [-0.2, -0.15) is 0 Å². The van der Waals surface area contributed by atoms with E-state index in [4.69, 9.17) is 13.9 Å². The van der Waals surface area contributed by atoms with E-state index in [0.29, 0.717) is 12.8 Å². The number of carbonyl (C=O) groups is 1. The Morgan fingerprint density at radius 1 is 1.10 bits per heavy atom. The number of aromatic nitrogens is 1. The van der Waals surface area contributed by atoms with E-state index in [1.807, 2.05) is 40.6 Å². The number of furan rings is 1. The highest BCUT2D eigenvalue weighted by atomic mass is 32.1. The fourth-order valence-corrected chi connectivity index (χ4v) is 4.60. The minimum atomic E-state index is 0.210. The predicted molar refractivity (Wildman–Crippen MR) is 113 cm³/mol. The number of fused-ring (bicyclic) bond motifs is 1. The van der Waals surface area contributed by atoms with Gasteiger partial charge in [0.2, 0.25) is 12.7 Å². The average Bonchev–Trinajstić information content (AvgIpc) is 3.53. The van der Waals surface area contributed by atoms with Gasteiger partial charge >= 0.3 is 0 Å². The van der Waals surface area contributed by atoms with Crippen LogP contribution in [0, 0.1) is 0 Å². The first-order chi connectivity index (χ1) is 14.7. The largest absolute Gasteiger partial charge is 0.463 e. The summed E-state index contributed by atoms with van der Waals surface area (Å²) >= 11 is 1.65. The molecule has 0 aliphatic carbocycles. The lowest BCUT2D eigenvalue weighted by molar-refractivity contribution is -0.133. The molecule has 30 heavy (non-hydrogen) atoms. The second kappa shape index (κ2) is 8.49. The van der Waals surface area contributed by atoms with Crippen molar-refractivity contribution >= 4 is 17.2 Å². The van der Waals surface area contributed by atoms with Crippen molar-refractivity contribution in [3.63, 3.8) is 0 Å². The van der Waals surface area contributed by atoms with Crippen LogP contribution in [0.3, 0.4) is 0 Å². The molecular weight excluding hydrogens is 402 g/mol. The minimum Gasteiger partial charge on any atom is -0.463 e. The van der Waals surface area contributed by atoms with Crippen molar-refractivity contribution < 1.29 is 18.7 Å². The minimum absolute atomic E-state index is 0.210. The molecule has 0 unspecified atom stereocenters. The number of benzene rings is 1. The Kier molecular flexibility index (Phi) is 5.42. The van der Waals surface area contributed by atoms with Crippen LogP contribution in [0.4, 0.5) is 0 Å². The van der Waals surface area contributed by atoms with Gasteiger partial charge in [-0.05, 0) is 36.2 Å². The molecule has 156 valence electrons. The zero-order valence-corrected chi connectivity index (χ0v) is 17.4. The average molecular weight is 426 g/mol. The lowest BCUT2D eigenvalue weighted by Gasteiger charge is -2.34. The molecule has 0 bridgehead atoms. The van der Waals surface area contributed by atoms with Crippen LogP contribution in [0.25, 0.3) is 11.5 Å². The van der Waals surface area contributed by atoms with Gasteiger partial charge in [0.15, 0.2) is 17.3 Å². The van der Waals surface area contributed by atoms with Gasteiger partial charge in [0, 0.05) is 38.0 Å². The van der Waals surface area contributed by atoms with Gasteiger partial charge in [0.05, 0.1) is 12.8 Å². The maximum Gasteiger partial charge on any atom is 0.231 e. The lowest BCUT2D eigenvalue weighted by Crippen LogP contribution is -2.48. The number of piperazine rings is 1. The van der Waals surface area contributed by atoms with Gasteiger partial charge in [-0.1, -0.05) is 6.07 Å². The molecule has 7 nitrogen and oxygen atoms in total. The molecule has 2 aromatic heterocycles. The molecule has 0 spiro atoms. The summed E-state index contributed by atoms with van der Waals surface area (Å²) in [5.41, 5.74) is 1.99. The van der Waals surface area contributed by atoms with Gasteiger partial charge in [-0.25, -0.2) is 4.98 Å². The molecular formula is C22H23N3O4S. The van der Waals surface area contributed by atoms with E-state index in [9.17, 15) is 4.79 Å². The number of carbonyl (C=O) groups excluding carboxylic acids is 1. The number of aryl methyl sites for hydroxylation is 1. The summed E-state index contributed by atoms with van der Waals surface area (Å²) in [6, 6.07) is 9.68. The molecule has 1 saturated heterocycles. The van der Waals surface area contributed by atoms with Crippen LogP contribution >= 0.6 is 11.3 Å². The van der Waals surface area contributed by atoms with Crippen LogP contribution in [-0.2, 0) is 17.8 Å². The van der Waals surface area contributed by atoms with Crippen LogP contribution in [0.5, 0.6) is 11.5 Å². The molecule has 8 heteroatoms. The summed E-state index contributed by atoms with van der Waals surface area (Å²) in [4.78, 5) is 21.6. The number of hydrogen-bond acceptors (Lipinski definition) is 7. The molecule has 2 aliphatic rings. The fourth-order valence-electron chi connectivity index (χ4n) is 3.77. The number of hydrogen-bond donors (Lipinski definition) is 0. The quantitative estimate of drug-likeness (QED) is 0.603. The highest BCUT2D eigenvalue weighted by Crippen LogP contribution is 2.32. The third kappa shape index (κ3) is 4.20. The number of rotatable bonds is 6. The molecule has 0 atom stereocenters. The van der Waals surface area contributed by atoms with Crippen LogP contribution in [0.1, 0.15) is 17.0 Å². The summed E-state index contributed by atoms with van der Waals surface area (Å²) in [5.74, 6) is 2.56. The van der Waals surface area contributed by atoms with Gasteiger partial charge in [0.25, 0.3) is 0 Å². The Hall–Kier alpha value is -2.84. The monoisotopic (exact) mass is 425 g/mol. The fraction of sp³-hybridized carbons (Fsp3) is 0.364. The van der Waals surface area contributed by atoms with E-state index < -0.39 is 0 Å². The van der Waals surface area contributed by atoms with Gasteiger partial charge in [-0.3, -0.25) is 9.69 Å². The molecule has 5 rings (SSSR count). The Morgan fingerprint density at radius 3 is 2.80 bits per heavy atom. The lowest BCUT2D eigenvalue weighted by atomic mass is 10.1. The van der Waals surface area contributed by atoms with E-state index >= 15 is 0 Å². The molecule has 4 heterocycles. The zero-order valence-electron chi connectivity index (χ0n) is 16.6. The first kappa shape index (κ1) is 19.1. The summed E-state index contributed by atoms with van der Waals surface area (Å²) in [6.45, 7) is 4.33. The van der Waals surface area contributed by atoms with Crippen LogP contribution in [0.15, 0.2) is 46.4 Å². The Morgan fingerprint density at radius 2 is 1.97 bits per heavy atom. The van der Waals surface area contributed by atoms with Crippen molar-refractivity contribution in [2.45, 2.75) is 19.4 Å². The van der Waals surface area contributed by atoms with Crippen molar-refractivity contribution in [2.75, 3.05) is 33.0 Å². The second-order valence-corrected chi connectivity index (χ2v) is 8.39. The Bertz CT molecular complexity index is 1010. The van der Waals surface area contributed by atoms with Crippen molar-refractivity contribution in [1.82, 2.24) is 14.8 Å². The summed E-state index contributed by atoms with van der Waals surface area (Å²) in [5, 5.41) is 3.10. The molecule has 2 aliphatic heterocycles. The molecule has 3 aromatic rings. The van der Waals surface area contributed by atoms with Gasteiger partial charge in [-0.15, -0.1) is 11.3 Å². The topological polar surface area (TPSA) is 68.0 Å². The Labute approximate surface area is 178 Å². The first-order valence-corrected chi connectivity index (χ1v) is 11.0. The maximum absolute atomic E-state index is 12.6. The van der Waals surface area contributed by atoms with Gasteiger partial charge < -0.3 is 18.8 Å². The molecule has 0 N–H and O–H groups in total. The van der Waals surface area contributed by atoms with E-state index in [0.717, 1.165) is 66.2 Å². The van der Waals surface area contributed by atoms with E-state index in [-0.39, 0.29) is 12.7 Å². The van der Waals surface area contributed by atoms with Crippen molar-refractivity contribution in [1.29, 1.82) is 0 Å². The summed E-state index contributed by atoms with van der Waals surface area (Å²) in [6.07, 6.45) is 2.89. The van der Waals surface area contributed by atoms with Crippen molar-refractivity contribution in [3.05, 3.63) is 52.5 Å². The van der Waals surface area contributed by atoms with Crippen LogP contribution in [0.2, 0.25) is 0 Å².